The van der Waals surface area contributed by atoms with Crippen molar-refractivity contribution >= 4 is 17.3 Å². The van der Waals surface area contributed by atoms with Crippen LogP contribution in [0.3, 0.4) is 0 Å². The number of benzene rings is 1. The number of hydrogen-bond donors (Lipinski definition) is 2. The molecule has 3 rings (SSSR count). The number of aromatic amines is 1. The molecule has 0 fully saturated rings. The number of carbonyl (C=O) groups excluding carboxylic acids is 1. The Morgan fingerprint density at radius 2 is 2.14 bits per heavy atom. The molecule has 1 amide bonds. The van der Waals surface area contributed by atoms with Gasteiger partial charge in [0.05, 0.1) is 30.5 Å². The molecular formula is C17H14N4O7. The first-order chi connectivity index (χ1) is 13.4. The molecule has 0 radical (unpaired) electrons. The second-order valence-corrected chi connectivity index (χ2v) is 5.57. The van der Waals surface area contributed by atoms with E-state index in [-0.39, 0.29) is 29.2 Å². The fourth-order valence-corrected chi connectivity index (χ4v) is 2.47. The van der Waals surface area contributed by atoms with Gasteiger partial charge in [-0.05, 0) is 18.2 Å². The van der Waals surface area contributed by atoms with Crippen LogP contribution in [-0.2, 0) is 6.54 Å². The van der Waals surface area contributed by atoms with Crippen molar-refractivity contribution in [3.63, 3.8) is 0 Å². The van der Waals surface area contributed by atoms with Crippen LogP contribution < -0.4 is 21.3 Å². The second kappa shape index (κ2) is 7.61. The third-order valence-corrected chi connectivity index (χ3v) is 3.84. The summed E-state index contributed by atoms with van der Waals surface area (Å²) in [4.78, 5) is 49.7. The molecule has 144 valence electrons. The van der Waals surface area contributed by atoms with Crippen molar-refractivity contribution in [1.29, 1.82) is 0 Å². The van der Waals surface area contributed by atoms with Gasteiger partial charge in [0, 0.05) is 18.3 Å². The van der Waals surface area contributed by atoms with Crippen LogP contribution in [0.25, 0.3) is 0 Å². The number of non-ortho nitro benzene ring substituents is 1. The Bertz CT molecular complexity index is 1150. The summed E-state index contributed by atoms with van der Waals surface area (Å²) in [5.74, 6) is -0.349. The average Bonchev–Trinajstić information content (AvgIpc) is 3.18. The van der Waals surface area contributed by atoms with Crippen LogP contribution in [0.5, 0.6) is 5.75 Å². The number of nitro benzene ring substituents is 1. The molecule has 11 heteroatoms. The number of anilines is 1. The van der Waals surface area contributed by atoms with Gasteiger partial charge < -0.3 is 19.5 Å². The van der Waals surface area contributed by atoms with E-state index in [0.29, 0.717) is 5.76 Å². The van der Waals surface area contributed by atoms with Crippen molar-refractivity contribution in [3.8, 4) is 5.75 Å². The van der Waals surface area contributed by atoms with Crippen molar-refractivity contribution in [1.82, 2.24) is 9.55 Å². The Hall–Kier alpha value is -4.15. The summed E-state index contributed by atoms with van der Waals surface area (Å²) >= 11 is 0. The van der Waals surface area contributed by atoms with Gasteiger partial charge in [0.1, 0.15) is 17.1 Å². The van der Waals surface area contributed by atoms with Crippen LogP contribution in [0.15, 0.2) is 56.8 Å². The van der Waals surface area contributed by atoms with Gasteiger partial charge in [-0.25, -0.2) is 4.79 Å². The summed E-state index contributed by atoms with van der Waals surface area (Å²) in [6.07, 6.45) is 2.36. The Balaban J connectivity index is 1.96. The van der Waals surface area contributed by atoms with Crippen LogP contribution in [0.1, 0.15) is 16.1 Å². The lowest BCUT2D eigenvalue weighted by atomic mass is 10.2. The highest BCUT2D eigenvalue weighted by Crippen LogP contribution is 2.29. The number of hydrogen-bond acceptors (Lipinski definition) is 7. The number of nitrogens with one attached hydrogen (secondary N) is 2. The number of furan rings is 1. The minimum absolute atomic E-state index is 0.00452. The highest BCUT2D eigenvalue weighted by molar-refractivity contribution is 6.04. The van der Waals surface area contributed by atoms with E-state index >= 15 is 0 Å². The molecule has 0 saturated heterocycles. The minimum Gasteiger partial charge on any atom is -0.495 e. The molecule has 3 aromatic rings. The van der Waals surface area contributed by atoms with Crippen LogP contribution in [0.4, 0.5) is 11.4 Å². The van der Waals surface area contributed by atoms with Gasteiger partial charge in [-0.3, -0.25) is 24.3 Å². The van der Waals surface area contributed by atoms with Crippen molar-refractivity contribution in [2.45, 2.75) is 6.54 Å². The lowest BCUT2D eigenvalue weighted by Gasteiger charge is -2.10. The molecule has 2 aromatic heterocycles. The fraction of sp³-hybridized carbons (Fsp3) is 0.118. The Labute approximate surface area is 156 Å². The maximum Gasteiger partial charge on any atom is 0.328 e. The van der Waals surface area contributed by atoms with E-state index in [4.69, 9.17) is 9.15 Å². The average molecular weight is 386 g/mol. The zero-order valence-corrected chi connectivity index (χ0v) is 14.5. The lowest BCUT2D eigenvalue weighted by Crippen LogP contribution is -2.39. The molecule has 0 spiro atoms. The molecule has 11 nitrogen and oxygen atoms in total. The first kappa shape index (κ1) is 18.6. The molecule has 0 aliphatic rings. The number of ether oxygens (including phenoxy) is 1. The predicted molar refractivity (Wildman–Crippen MR) is 96.7 cm³/mol. The van der Waals surface area contributed by atoms with Crippen molar-refractivity contribution in [2.75, 3.05) is 12.4 Å². The quantitative estimate of drug-likeness (QED) is 0.479. The van der Waals surface area contributed by atoms with Crippen LogP contribution in [-0.4, -0.2) is 27.5 Å². The van der Waals surface area contributed by atoms with Gasteiger partial charge in [0.2, 0.25) is 0 Å². The predicted octanol–water partition coefficient (Wildman–Crippen LogP) is 1.35. The normalized spacial score (nSPS) is 10.5. The maximum atomic E-state index is 12.6. The zero-order valence-electron chi connectivity index (χ0n) is 14.5. The van der Waals surface area contributed by atoms with Crippen LogP contribution in [0.2, 0.25) is 0 Å². The largest absolute Gasteiger partial charge is 0.495 e. The van der Waals surface area contributed by atoms with Gasteiger partial charge in [0.25, 0.3) is 17.2 Å². The van der Waals surface area contributed by atoms with Gasteiger partial charge in [0.15, 0.2) is 0 Å². The van der Waals surface area contributed by atoms with Gasteiger partial charge in [-0.2, -0.15) is 0 Å². The Morgan fingerprint density at radius 3 is 2.79 bits per heavy atom. The highest BCUT2D eigenvalue weighted by Gasteiger charge is 2.19. The Morgan fingerprint density at radius 1 is 1.36 bits per heavy atom. The van der Waals surface area contributed by atoms with E-state index in [1.54, 1.807) is 12.1 Å². The summed E-state index contributed by atoms with van der Waals surface area (Å²) in [6.45, 7) is -0.164. The molecule has 1 aromatic carbocycles. The number of H-pyrrole nitrogens is 1. The number of carbonyl (C=O) groups is 1. The molecule has 2 heterocycles. The topological polar surface area (TPSA) is 149 Å². The molecule has 0 aliphatic carbocycles. The summed E-state index contributed by atoms with van der Waals surface area (Å²) in [6, 6.07) is 6.80. The van der Waals surface area contributed by atoms with E-state index in [1.807, 2.05) is 0 Å². The second-order valence-electron chi connectivity index (χ2n) is 5.57. The van der Waals surface area contributed by atoms with E-state index in [1.165, 1.54) is 25.5 Å². The smallest absolute Gasteiger partial charge is 0.328 e. The standard InChI is InChI=1S/C17H14N4O7/c1-27-14-5-4-10(21(25)26)7-13(14)19-15(22)12-8-18-17(24)20(16(12)23)9-11-3-2-6-28-11/h2-8H,9H2,1H3,(H,18,24)(H,19,22). The SMILES string of the molecule is COc1ccc([N+](=O)[O-])cc1NC(=O)c1c[nH]c(=O)n(Cc2ccco2)c1=O. The molecule has 0 atom stereocenters. The lowest BCUT2D eigenvalue weighted by molar-refractivity contribution is -0.384. The molecule has 0 unspecified atom stereocenters. The summed E-state index contributed by atoms with van der Waals surface area (Å²) in [5, 5.41) is 13.3. The summed E-state index contributed by atoms with van der Waals surface area (Å²) in [7, 11) is 1.33. The van der Waals surface area contributed by atoms with E-state index in [2.05, 4.69) is 10.3 Å². The number of nitrogens with zero attached hydrogens (tertiary/aromatic N) is 2. The van der Waals surface area contributed by atoms with Gasteiger partial charge in [-0.15, -0.1) is 0 Å². The first-order valence-electron chi connectivity index (χ1n) is 7.89. The minimum atomic E-state index is -0.867. The number of nitro groups is 1. The van der Waals surface area contributed by atoms with E-state index < -0.39 is 22.1 Å². The summed E-state index contributed by atoms with van der Waals surface area (Å²) in [5.41, 5.74) is -2.19. The molecule has 0 aliphatic heterocycles. The van der Waals surface area contributed by atoms with Crippen molar-refractivity contribution < 1.29 is 18.9 Å². The number of amides is 1. The first-order valence-corrected chi connectivity index (χ1v) is 7.89. The van der Waals surface area contributed by atoms with Gasteiger partial charge in [-0.1, -0.05) is 0 Å². The molecular weight excluding hydrogens is 372 g/mol. The highest BCUT2D eigenvalue weighted by atomic mass is 16.6. The molecule has 0 saturated carbocycles. The number of methoxy groups -OCH3 is 1. The van der Waals surface area contributed by atoms with Crippen molar-refractivity contribution in [2.24, 2.45) is 0 Å². The number of rotatable bonds is 6. The Kier molecular flexibility index (Phi) is 5.07. The molecule has 28 heavy (non-hydrogen) atoms. The van der Waals surface area contributed by atoms with Crippen LogP contribution >= 0.6 is 0 Å². The van der Waals surface area contributed by atoms with E-state index in [9.17, 15) is 24.5 Å². The fourth-order valence-electron chi connectivity index (χ4n) is 2.47. The maximum absolute atomic E-state index is 12.6. The third kappa shape index (κ3) is 3.67. The van der Waals surface area contributed by atoms with Crippen molar-refractivity contribution in [3.05, 3.63) is 85.1 Å². The zero-order chi connectivity index (χ0) is 20.3. The van der Waals surface area contributed by atoms with Crippen LogP contribution in [0, 0.1) is 10.1 Å². The van der Waals surface area contributed by atoms with Gasteiger partial charge >= 0.3 is 5.69 Å². The summed E-state index contributed by atoms with van der Waals surface area (Å²) < 4.78 is 11.0. The van der Waals surface area contributed by atoms with E-state index in [0.717, 1.165) is 16.8 Å². The monoisotopic (exact) mass is 386 g/mol. The molecule has 0 bridgehead atoms. The molecule has 2 N–H and O–H groups in total. The third-order valence-electron chi connectivity index (χ3n) is 3.84. The number of aromatic nitrogens is 2.